The molecular formula is C17H32N2O2. The maximum atomic E-state index is 12.6. The summed E-state index contributed by atoms with van der Waals surface area (Å²) in [5.74, 6) is 0.300. The van der Waals surface area contributed by atoms with Gasteiger partial charge in [0.1, 0.15) is 0 Å². The van der Waals surface area contributed by atoms with Gasteiger partial charge < -0.3 is 11.1 Å². The van der Waals surface area contributed by atoms with Gasteiger partial charge in [-0.05, 0) is 51.9 Å². The number of carbonyl (C=O) groups excluding carboxylic acids is 2. The Bertz CT molecular complexity index is 373. The van der Waals surface area contributed by atoms with Gasteiger partial charge in [0.2, 0.25) is 11.8 Å². The summed E-state index contributed by atoms with van der Waals surface area (Å²) in [6, 6.07) is 0. The van der Waals surface area contributed by atoms with Crippen LogP contribution in [0, 0.1) is 23.7 Å². The van der Waals surface area contributed by atoms with Crippen LogP contribution in [0.15, 0.2) is 0 Å². The highest BCUT2D eigenvalue weighted by molar-refractivity contribution is 5.87. The van der Waals surface area contributed by atoms with E-state index in [4.69, 9.17) is 5.73 Å². The van der Waals surface area contributed by atoms with Crippen LogP contribution in [0.3, 0.4) is 0 Å². The minimum Gasteiger partial charge on any atom is -0.369 e. The Labute approximate surface area is 129 Å². The van der Waals surface area contributed by atoms with Crippen LogP contribution in [-0.2, 0) is 9.59 Å². The standard InChI is InChI=1S/C17H32N2O2/c1-6-7-8-13(15(18)20)14(10-12-9-11(12)2)16(21)19-17(3,4)5/h11-14H,6-10H2,1-5H3,(H2,18,20)(H,19,21)/t11?,12?,13?,14-/m1/s1. The van der Waals surface area contributed by atoms with Gasteiger partial charge in [-0.1, -0.05) is 26.7 Å². The van der Waals surface area contributed by atoms with E-state index in [1.807, 2.05) is 20.8 Å². The number of carbonyl (C=O) groups is 2. The van der Waals surface area contributed by atoms with Crippen molar-refractivity contribution in [3.05, 3.63) is 0 Å². The molecule has 3 N–H and O–H groups in total. The van der Waals surface area contributed by atoms with E-state index >= 15 is 0 Å². The number of rotatable bonds is 8. The maximum Gasteiger partial charge on any atom is 0.224 e. The number of nitrogens with two attached hydrogens (primary N) is 1. The summed E-state index contributed by atoms with van der Waals surface area (Å²) in [6.07, 6.45) is 4.62. The highest BCUT2D eigenvalue weighted by atomic mass is 16.2. The molecule has 0 aromatic heterocycles. The second kappa shape index (κ2) is 7.28. The fraction of sp³-hybridized carbons (Fsp3) is 0.882. The van der Waals surface area contributed by atoms with Crippen molar-refractivity contribution in [1.82, 2.24) is 5.32 Å². The second-order valence-electron chi connectivity index (χ2n) is 7.71. The first kappa shape index (κ1) is 18.0. The van der Waals surface area contributed by atoms with Gasteiger partial charge in [-0.25, -0.2) is 0 Å². The zero-order valence-electron chi connectivity index (χ0n) is 14.2. The predicted molar refractivity (Wildman–Crippen MR) is 85.5 cm³/mol. The molecular weight excluding hydrogens is 264 g/mol. The fourth-order valence-corrected chi connectivity index (χ4v) is 2.94. The first-order valence-corrected chi connectivity index (χ1v) is 8.27. The molecule has 0 saturated heterocycles. The molecule has 1 rings (SSSR count). The van der Waals surface area contributed by atoms with E-state index in [-0.39, 0.29) is 29.2 Å². The number of hydrogen-bond donors (Lipinski definition) is 2. The van der Waals surface area contributed by atoms with Crippen LogP contribution in [0.25, 0.3) is 0 Å². The van der Waals surface area contributed by atoms with Crippen LogP contribution < -0.4 is 11.1 Å². The Balaban J connectivity index is 2.82. The molecule has 0 radical (unpaired) electrons. The summed E-state index contributed by atoms with van der Waals surface area (Å²) < 4.78 is 0. The molecule has 1 aliphatic rings. The van der Waals surface area contributed by atoms with E-state index in [0.717, 1.165) is 25.7 Å². The summed E-state index contributed by atoms with van der Waals surface area (Å²) in [5.41, 5.74) is 5.31. The first-order valence-electron chi connectivity index (χ1n) is 8.27. The number of amides is 2. The van der Waals surface area contributed by atoms with Crippen molar-refractivity contribution in [3.8, 4) is 0 Å². The van der Waals surface area contributed by atoms with Crippen molar-refractivity contribution < 1.29 is 9.59 Å². The van der Waals surface area contributed by atoms with Gasteiger partial charge in [0.25, 0.3) is 0 Å². The molecule has 0 aliphatic heterocycles. The Hall–Kier alpha value is -1.06. The van der Waals surface area contributed by atoms with Crippen LogP contribution in [0.5, 0.6) is 0 Å². The number of hydrogen-bond acceptors (Lipinski definition) is 2. The average Bonchev–Trinajstić information content (AvgIpc) is 3.01. The summed E-state index contributed by atoms with van der Waals surface area (Å²) in [6.45, 7) is 10.2. The van der Waals surface area contributed by atoms with E-state index in [0.29, 0.717) is 11.8 Å². The highest BCUT2D eigenvalue weighted by Gasteiger charge is 2.41. The van der Waals surface area contributed by atoms with Crippen LogP contribution in [0.4, 0.5) is 0 Å². The van der Waals surface area contributed by atoms with Crippen molar-refractivity contribution >= 4 is 11.8 Å². The minimum absolute atomic E-state index is 0.0125. The SMILES string of the molecule is CCCCC(C(N)=O)[C@@H](CC1CC1C)C(=O)NC(C)(C)C. The molecule has 0 aromatic rings. The topological polar surface area (TPSA) is 72.2 Å². The van der Waals surface area contributed by atoms with Gasteiger partial charge in [0, 0.05) is 17.4 Å². The van der Waals surface area contributed by atoms with Crippen molar-refractivity contribution in [2.45, 2.75) is 72.3 Å². The van der Waals surface area contributed by atoms with E-state index in [9.17, 15) is 9.59 Å². The number of primary amides is 1. The Morgan fingerprint density at radius 1 is 1.29 bits per heavy atom. The number of nitrogens with one attached hydrogen (secondary N) is 1. The molecule has 4 nitrogen and oxygen atoms in total. The van der Waals surface area contributed by atoms with Crippen molar-refractivity contribution in [3.63, 3.8) is 0 Å². The lowest BCUT2D eigenvalue weighted by Crippen LogP contribution is -2.47. The molecule has 4 heteroatoms. The molecule has 21 heavy (non-hydrogen) atoms. The zero-order valence-corrected chi connectivity index (χ0v) is 14.2. The third-order valence-corrected chi connectivity index (χ3v) is 4.39. The third kappa shape index (κ3) is 6.06. The van der Waals surface area contributed by atoms with Crippen molar-refractivity contribution in [2.24, 2.45) is 29.4 Å². The van der Waals surface area contributed by atoms with Gasteiger partial charge in [0.05, 0.1) is 0 Å². The molecule has 0 aromatic carbocycles. The van der Waals surface area contributed by atoms with Crippen molar-refractivity contribution in [2.75, 3.05) is 0 Å². The van der Waals surface area contributed by atoms with Crippen molar-refractivity contribution in [1.29, 1.82) is 0 Å². The van der Waals surface area contributed by atoms with Crippen LogP contribution in [0.2, 0.25) is 0 Å². The number of unbranched alkanes of at least 4 members (excludes halogenated alkanes) is 1. The monoisotopic (exact) mass is 296 g/mol. The largest absolute Gasteiger partial charge is 0.369 e. The molecule has 3 unspecified atom stereocenters. The predicted octanol–water partition coefficient (Wildman–Crippen LogP) is 2.86. The van der Waals surface area contributed by atoms with Gasteiger partial charge in [-0.15, -0.1) is 0 Å². The molecule has 0 heterocycles. The lowest BCUT2D eigenvalue weighted by Gasteiger charge is -2.29. The zero-order chi connectivity index (χ0) is 16.2. The molecule has 0 spiro atoms. The lowest BCUT2D eigenvalue weighted by molar-refractivity contribution is -0.135. The summed E-state index contributed by atoms with van der Waals surface area (Å²) in [4.78, 5) is 24.5. The summed E-state index contributed by atoms with van der Waals surface area (Å²) >= 11 is 0. The van der Waals surface area contributed by atoms with Crippen LogP contribution in [-0.4, -0.2) is 17.4 Å². The maximum absolute atomic E-state index is 12.6. The highest BCUT2D eigenvalue weighted by Crippen LogP contribution is 2.44. The molecule has 122 valence electrons. The lowest BCUT2D eigenvalue weighted by atomic mass is 9.82. The fourth-order valence-electron chi connectivity index (χ4n) is 2.94. The quantitative estimate of drug-likeness (QED) is 0.723. The van der Waals surface area contributed by atoms with Crippen LogP contribution >= 0.6 is 0 Å². The summed E-state index contributed by atoms with van der Waals surface area (Å²) in [7, 11) is 0. The van der Waals surface area contributed by atoms with Gasteiger partial charge in [-0.2, -0.15) is 0 Å². The molecule has 2 amide bonds. The normalized spacial score (nSPS) is 24.2. The van der Waals surface area contributed by atoms with Gasteiger partial charge in [0.15, 0.2) is 0 Å². The molecule has 4 atom stereocenters. The Kier molecular flexibility index (Phi) is 6.24. The molecule has 1 fully saturated rings. The van der Waals surface area contributed by atoms with Gasteiger partial charge in [-0.3, -0.25) is 9.59 Å². The van der Waals surface area contributed by atoms with E-state index in [1.54, 1.807) is 0 Å². The molecule has 1 aliphatic carbocycles. The summed E-state index contributed by atoms with van der Waals surface area (Å²) in [5, 5.41) is 3.03. The van der Waals surface area contributed by atoms with Crippen LogP contribution in [0.1, 0.15) is 66.7 Å². The smallest absolute Gasteiger partial charge is 0.224 e. The Morgan fingerprint density at radius 3 is 2.24 bits per heavy atom. The second-order valence-corrected chi connectivity index (χ2v) is 7.71. The average molecular weight is 296 g/mol. The molecule has 0 bridgehead atoms. The minimum atomic E-state index is -0.333. The first-order chi connectivity index (χ1) is 9.65. The van der Waals surface area contributed by atoms with E-state index in [2.05, 4.69) is 19.2 Å². The molecule has 1 saturated carbocycles. The van der Waals surface area contributed by atoms with E-state index in [1.165, 1.54) is 6.42 Å². The van der Waals surface area contributed by atoms with Gasteiger partial charge >= 0.3 is 0 Å². The third-order valence-electron chi connectivity index (χ3n) is 4.39. The van der Waals surface area contributed by atoms with E-state index < -0.39 is 0 Å². The Morgan fingerprint density at radius 2 is 1.86 bits per heavy atom.